The molecule has 0 amide bonds. The Labute approximate surface area is 93.9 Å². The number of nitrogens with two attached hydrogens (primary N) is 1. The van der Waals surface area contributed by atoms with Crippen molar-refractivity contribution >= 4 is 11.6 Å². The number of hydrogen-bond acceptors (Lipinski definition) is 2. The van der Waals surface area contributed by atoms with Crippen molar-refractivity contribution in [1.29, 1.82) is 0 Å². The second-order valence-electron chi connectivity index (χ2n) is 3.54. The van der Waals surface area contributed by atoms with E-state index in [2.05, 4.69) is 0 Å². The summed E-state index contributed by atoms with van der Waals surface area (Å²) in [5, 5.41) is 9.80. The lowest BCUT2D eigenvalue weighted by Crippen LogP contribution is -2.28. The van der Waals surface area contributed by atoms with Gasteiger partial charge in [-0.1, -0.05) is 37.1 Å². The van der Waals surface area contributed by atoms with E-state index in [4.69, 9.17) is 17.3 Å². The van der Waals surface area contributed by atoms with Gasteiger partial charge in [0.25, 0.3) is 0 Å². The number of aliphatic hydroxyl groups is 1. The molecule has 0 aromatic heterocycles. The van der Waals surface area contributed by atoms with Gasteiger partial charge in [-0.2, -0.15) is 0 Å². The zero-order valence-electron chi connectivity index (χ0n) is 8.58. The van der Waals surface area contributed by atoms with E-state index >= 15 is 0 Å². The standard InChI is InChI=1S/C11H15ClFNO/c1-2-4-9(14)11(15)7-5-3-6-8(13)10(7)12/h3,5-6,9,11,15H,2,4,14H2,1H3/t9-,11+/m1/s1. The lowest BCUT2D eigenvalue weighted by Gasteiger charge is -2.19. The molecule has 0 fully saturated rings. The van der Waals surface area contributed by atoms with Crippen LogP contribution in [0.2, 0.25) is 5.02 Å². The van der Waals surface area contributed by atoms with Gasteiger partial charge in [-0.15, -0.1) is 0 Å². The van der Waals surface area contributed by atoms with Gasteiger partial charge in [0.1, 0.15) is 5.82 Å². The molecule has 84 valence electrons. The summed E-state index contributed by atoms with van der Waals surface area (Å²) >= 11 is 5.74. The van der Waals surface area contributed by atoms with Gasteiger partial charge in [0.2, 0.25) is 0 Å². The molecule has 0 heterocycles. The second-order valence-corrected chi connectivity index (χ2v) is 3.92. The van der Waals surface area contributed by atoms with Gasteiger partial charge in [0.05, 0.1) is 11.1 Å². The maximum Gasteiger partial charge on any atom is 0.142 e. The van der Waals surface area contributed by atoms with Crippen LogP contribution in [0.4, 0.5) is 4.39 Å². The Hall–Kier alpha value is -0.640. The summed E-state index contributed by atoms with van der Waals surface area (Å²) in [7, 11) is 0. The van der Waals surface area contributed by atoms with Crippen LogP contribution >= 0.6 is 11.6 Å². The van der Waals surface area contributed by atoms with Crippen LogP contribution in [0.15, 0.2) is 18.2 Å². The van der Waals surface area contributed by atoms with Crippen LogP contribution in [-0.4, -0.2) is 11.1 Å². The third-order valence-corrected chi connectivity index (χ3v) is 2.73. The molecule has 1 rings (SSSR count). The smallest absolute Gasteiger partial charge is 0.142 e. The molecule has 0 aliphatic carbocycles. The third-order valence-electron chi connectivity index (χ3n) is 2.33. The van der Waals surface area contributed by atoms with E-state index in [1.54, 1.807) is 6.07 Å². The summed E-state index contributed by atoms with van der Waals surface area (Å²) in [5.74, 6) is -0.531. The molecular weight excluding hydrogens is 217 g/mol. The molecule has 0 saturated heterocycles. The van der Waals surface area contributed by atoms with E-state index in [-0.39, 0.29) is 5.02 Å². The van der Waals surface area contributed by atoms with E-state index in [0.717, 1.165) is 6.42 Å². The first-order valence-corrected chi connectivity index (χ1v) is 5.33. The summed E-state index contributed by atoms with van der Waals surface area (Å²) in [6, 6.07) is 3.95. The molecule has 1 aromatic rings. The molecule has 2 atom stereocenters. The largest absolute Gasteiger partial charge is 0.387 e. The molecule has 0 unspecified atom stereocenters. The van der Waals surface area contributed by atoms with Gasteiger partial charge in [-0.05, 0) is 12.5 Å². The molecule has 2 nitrogen and oxygen atoms in total. The molecule has 4 heteroatoms. The van der Waals surface area contributed by atoms with E-state index < -0.39 is 18.0 Å². The van der Waals surface area contributed by atoms with Crippen molar-refractivity contribution in [3.8, 4) is 0 Å². The van der Waals surface area contributed by atoms with Crippen LogP contribution in [0.1, 0.15) is 31.4 Å². The number of aliphatic hydroxyl groups excluding tert-OH is 1. The summed E-state index contributed by atoms with van der Waals surface area (Å²) in [6.07, 6.45) is 0.632. The van der Waals surface area contributed by atoms with Gasteiger partial charge < -0.3 is 10.8 Å². The van der Waals surface area contributed by atoms with Crippen LogP contribution in [0.25, 0.3) is 0 Å². The van der Waals surface area contributed by atoms with E-state index in [0.29, 0.717) is 12.0 Å². The third kappa shape index (κ3) is 2.91. The lowest BCUT2D eigenvalue weighted by atomic mass is 9.99. The zero-order valence-corrected chi connectivity index (χ0v) is 9.34. The van der Waals surface area contributed by atoms with Crippen molar-refractivity contribution in [3.63, 3.8) is 0 Å². The second kappa shape index (κ2) is 5.45. The highest BCUT2D eigenvalue weighted by Crippen LogP contribution is 2.27. The number of hydrogen-bond donors (Lipinski definition) is 2. The quantitative estimate of drug-likeness (QED) is 0.837. The predicted molar refractivity (Wildman–Crippen MR) is 59.3 cm³/mol. The van der Waals surface area contributed by atoms with Crippen molar-refractivity contribution < 1.29 is 9.50 Å². The van der Waals surface area contributed by atoms with Crippen molar-refractivity contribution in [2.75, 3.05) is 0 Å². The SMILES string of the molecule is CCC[C@@H](N)[C@@H](O)c1cccc(F)c1Cl. The summed E-state index contributed by atoms with van der Waals surface area (Å²) in [4.78, 5) is 0. The van der Waals surface area contributed by atoms with Gasteiger partial charge in [-0.3, -0.25) is 0 Å². The fourth-order valence-corrected chi connectivity index (χ4v) is 1.71. The van der Waals surface area contributed by atoms with Crippen LogP contribution in [0.3, 0.4) is 0 Å². The van der Waals surface area contributed by atoms with Gasteiger partial charge in [0.15, 0.2) is 0 Å². The Bertz CT molecular complexity index is 332. The average Bonchev–Trinajstić information content (AvgIpc) is 2.21. The Morgan fingerprint density at radius 1 is 1.53 bits per heavy atom. The van der Waals surface area contributed by atoms with Crippen molar-refractivity contribution in [1.82, 2.24) is 0 Å². The molecular formula is C11H15ClFNO. The molecule has 3 N–H and O–H groups in total. The first-order chi connectivity index (χ1) is 7.07. The van der Waals surface area contributed by atoms with E-state index in [1.807, 2.05) is 6.92 Å². The van der Waals surface area contributed by atoms with E-state index in [1.165, 1.54) is 12.1 Å². The van der Waals surface area contributed by atoms with Crippen LogP contribution in [0.5, 0.6) is 0 Å². The highest BCUT2D eigenvalue weighted by molar-refractivity contribution is 6.31. The highest BCUT2D eigenvalue weighted by atomic mass is 35.5. The lowest BCUT2D eigenvalue weighted by molar-refractivity contribution is 0.141. The number of benzene rings is 1. The fourth-order valence-electron chi connectivity index (χ4n) is 1.47. The molecule has 0 aliphatic heterocycles. The Kier molecular flexibility index (Phi) is 4.51. The molecule has 1 aromatic carbocycles. The summed E-state index contributed by atoms with van der Waals surface area (Å²) in [5.41, 5.74) is 6.11. The maximum atomic E-state index is 13.1. The highest BCUT2D eigenvalue weighted by Gasteiger charge is 2.20. The van der Waals surface area contributed by atoms with Crippen molar-refractivity contribution in [2.24, 2.45) is 5.73 Å². The number of halogens is 2. The topological polar surface area (TPSA) is 46.2 Å². The van der Waals surface area contributed by atoms with Gasteiger partial charge >= 0.3 is 0 Å². The zero-order chi connectivity index (χ0) is 11.4. The summed E-state index contributed by atoms with van der Waals surface area (Å²) < 4.78 is 13.1. The Balaban J connectivity index is 2.90. The normalized spacial score (nSPS) is 15.0. The van der Waals surface area contributed by atoms with Gasteiger partial charge in [-0.25, -0.2) is 4.39 Å². The minimum absolute atomic E-state index is 0.0449. The molecule has 0 saturated carbocycles. The maximum absolute atomic E-state index is 13.1. The fraction of sp³-hybridized carbons (Fsp3) is 0.455. The first kappa shape index (κ1) is 12.4. The van der Waals surface area contributed by atoms with Crippen LogP contribution < -0.4 is 5.73 Å². The average molecular weight is 232 g/mol. The molecule has 0 spiro atoms. The number of rotatable bonds is 4. The minimum atomic E-state index is -0.909. The summed E-state index contributed by atoms with van der Waals surface area (Å²) in [6.45, 7) is 1.97. The molecule has 0 bridgehead atoms. The Morgan fingerprint density at radius 3 is 2.80 bits per heavy atom. The first-order valence-electron chi connectivity index (χ1n) is 4.95. The molecule has 15 heavy (non-hydrogen) atoms. The van der Waals surface area contributed by atoms with E-state index in [9.17, 15) is 9.50 Å². The minimum Gasteiger partial charge on any atom is -0.387 e. The van der Waals surface area contributed by atoms with Gasteiger partial charge in [0, 0.05) is 11.6 Å². The predicted octanol–water partition coefficient (Wildman–Crippen LogP) is 2.64. The molecule has 0 aliphatic rings. The monoisotopic (exact) mass is 231 g/mol. The Morgan fingerprint density at radius 2 is 2.20 bits per heavy atom. The van der Waals surface area contributed by atoms with Crippen molar-refractivity contribution in [3.05, 3.63) is 34.6 Å². The van der Waals surface area contributed by atoms with Crippen LogP contribution in [-0.2, 0) is 0 Å². The van der Waals surface area contributed by atoms with Crippen LogP contribution in [0, 0.1) is 5.82 Å². The molecule has 0 radical (unpaired) electrons. The van der Waals surface area contributed by atoms with Crippen molar-refractivity contribution in [2.45, 2.75) is 31.9 Å².